The van der Waals surface area contributed by atoms with Crippen LogP contribution in [0.5, 0.6) is 0 Å². The normalized spacial score (nSPS) is 22.6. The summed E-state index contributed by atoms with van der Waals surface area (Å²) in [4.78, 5) is 0. The maximum atomic E-state index is 5.03. The Labute approximate surface area is 59.6 Å². The van der Waals surface area contributed by atoms with E-state index in [2.05, 4.69) is 5.43 Å². The van der Waals surface area contributed by atoms with E-state index in [9.17, 15) is 0 Å². The van der Waals surface area contributed by atoms with E-state index in [1.807, 2.05) is 29.2 Å². The lowest BCUT2D eigenvalue weighted by Gasteiger charge is -2.03. The molecule has 1 N–H and O–H groups in total. The number of rotatable bonds is 3. The smallest absolute Gasteiger partial charge is 0.0997 e. The lowest BCUT2D eigenvalue weighted by atomic mass is 10.5. The van der Waals surface area contributed by atoms with Crippen molar-refractivity contribution in [3.63, 3.8) is 0 Å². The zero-order valence-electron chi connectivity index (χ0n) is 5.66. The van der Waals surface area contributed by atoms with Crippen molar-refractivity contribution in [2.75, 3.05) is 18.6 Å². The van der Waals surface area contributed by atoms with Gasteiger partial charge in [0.15, 0.2) is 0 Å². The largest absolute Gasteiger partial charge is 0.371 e. The molecule has 1 aromatic rings. The first-order chi connectivity index (χ1) is 4.95. The molecule has 1 fully saturated rings. The SMILES string of the molecule is c1ccn(NCC2CO2)c1. The van der Waals surface area contributed by atoms with Crippen LogP contribution in [0.2, 0.25) is 0 Å². The highest BCUT2D eigenvalue weighted by atomic mass is 16.6. The fraction of sp³-hybridized carbons (Fsp3) is 0.429. The molecule has 0 saturated carbocycles. The second-order valence-corrected chi connectivity index (χ2v) is 2.41. The van der Waals surface area contributed by atoms with Crippen molar-refractivity contribution in [1.82, 2.24) is 4.68 Å². The first-order valence-corrected chi connectivity index (χ1v) is 3.43. The zero-order valence-corrected chi connectivity index (χ0v) is 5.66. The predicted molar refractivity (Wildman–Crippen MR) is 38.4 cm³/mol. The van der Waals surface area contributed by atoms with Crippen LogP contribution < -0.4 is 5.43 Å². The molecule has 1 atom stereocenters. The number of hydrogen-bond donors (Lipinski definition) is 1. The van der Waals surface area contributed by atoms with Gasteiger partial charge in [0, 0.05) is 12.4 Å². The zero-order chi connectivity index (χ0) is 6.81. The Morgan fingerprint density at radius 3 is 2.80 bits per heavy atom. The van der Waals surface area contributed by atoms with Gasteiger partial charge in [-0.1, -0.05) is 0 Å². The van der Waals surface area contributed by atoms with Crippen LogP contribution in [0, 0.1) is 0 Å². The van der Waals surface area contributed by atoms with Crippen molar-refractivity contribution in [3.05, 3.63) is 24.5 Å². The molecular weight excluding hydrogens is 128 g/mol. The average molecular weight is 138 g/mol. The van der Waals surface area contributed by atoms with Gasteiger partial charge in [-0.25, -0.2) is 0 Å². The molecule has 0 aromatic carbocycles. The summed E-state index contributed by atoms with van der Waals surface area (Å²) < 4.78 is 6.96. The first kappa shape index (κ1) is 5.80. The molecule has 3 nitrogen and oxygen atoms in total. The van der Waals surface area contributed by atoms with E-state index < -0.39 is 0 Å². The number of hydrogen-bond acceptors (Lipinski definition) is 2. The third-order valence-electron chi connectivity index (χ3n) is 1.51. The Morgan fingerprint density at radius 1 is 1.50 bits per heavy atom. The Balaban J connectivity index is 1.79. The average Bonchev–Trinajstić information content (AvgIpc) is 2.63. The van der Waals surface area contributed by atoms with E-state index in [1.165, 1.54) is 0 Å². The lowest BCUT2D eigenvalue weighted by molar-refractivity contribution is 0.412. The van der Waals surface area contributed by atoms with Crippen LogP contribution in [0.3, 0.4) is 0 Å². The molecule has 2 rings (SSSR count). The summed E-state index contributed by atoms with van der Waals surface area (Å²) in [5.74, 6) is 0. The second kappa shape index (κ2) is 2.34. The van der Waals surface area contributed by atoms with Gasteiger partial charge >= 0.3 is 0 Å². The summed E-state index contributed by atoms with van der Waals surface area (Å²) >= 11 is 0. The summed E-state index contributed by atoms with van der Waals surface area (Å²) in [6, 6.07) is 3.97. The van der Waals surface area contributed by atoms with Crippen LogP contribution in [0.15, 0.2) is 24.5 Å². The van der Waals surface area contributed by atoms with Crippen LogP contribution >= 0.6 is 0 Å². The van der Waals surface area contributed by atoms with Crippen LogP contribution in [-0.2, 0) is 4.74 Å². The van der Waals surface area contributed by atoms with Crippen LogP contribution in [0.1, 0.15) is 0 Å². The summed E-state index contributed by atoms with van der Waals surface area (Å²) in [7, 11) is 0. The number of nitrogens with one attached hydrogen (secondary N) is 1. The van der Waals surface area contributed by atoms with Crippen molar-refractivity contribution in [2.45, 2.75) is 6.10 Å². The van der Waals surface area contributed by atoms with Gasteiger partial charge in [0.2, 0.25) is 0 Å². The molecular formula is C7H10N2O. The van der Waals surface area contributed by atoms with E-state index in [0.29, 0.717) is 6.10 Å². The van der Waals surface area contributed by atoms with E-state index >= 15 is 0 Å². The van der Waals surface area contributed by atoms with Crippen LogP contribution in [0.25, 0.3) is 0 Å². The molecule has 0 spiro atoms. The monoisotopic (exact) mass is 138 g/mol. The number of nitrogens with zero attached hydrogens (tertiary/aromatic N) is 1. The Bertz CT molecular complexity index is 191. The van der Waals surface area contributed by atoms with Gasteiger partial charge in [-0.05, 0) is 12.1 Å². The molecule has 1 aliphatic heterocycles. The van der Waals surface area contributed by atoms with Crippen LogP contribution in [0.4, 0.5) is 0 Å². The van der Waals surface area contributed by atoms with Crippen molar-refractivity contribution in [2.24, 2.45) is 0 Å². The molecule has 3 heteroatoms. The molecule has 1 aliphatic rings. The lowest BCUT2D eigenvalue weighted by Crippen LogP contribution is -2.17. The molecule has 54 valence electrons. The standard InChI is InChI=1S/C7H10N2O/c1-2-4-9(3-1)8-5-7-6-10-7/h1-4,7-8H,5-6H2. The van der Waals surface area contributed by atoms with Crippen molar-refractivity contribution < 1.29 is 4.74 Å². The third-order valence-corrected chi connectivity index (χ3v) is 1.51. The molecule has 0 aliphatic carbocycles. The maximum Gasteiger partial charge on any atom is 0.0997 e. The van der Waals surface area contributed by atoms with Gasteiger partial charge < -0.3 is 10.2 Å². The topological polar surface area (TPSA) is 29.5 Å². The van der Waals surface area contributed by atoms with Gasteiger partial charge in [0.1, 0.15) is 0 Å². The van der Waals surface area contributed by atoms with E-state index in [1.54, 1.807) is 0 Å². The predicted octanol–water partition coefficient (Wildman–Crippen LogP) is 0.430. The molecule has 2 heterocycles. The Kier molecular flexibility index (Phi) is 1.36. The number of ether oxygens (including phenoxy) is 1. The van der Waals surface area contributed by atoms with Crippen molar-refractivity contribution in [3.8, 4) is 0 Å². The first-order valence-electron chi connectivity index (χ1n) is 3.43. The minimum atomic E-state index is 0.447. The summed E-state index contributed by atoms with van der Waals surface area (Å²) in [5, 5.41) is 0. The van der Waals surface area contributed by atoms with E-state index in [0.717, 1.165) is 13.2 Å². The van der Waals surface area contributed by atoms with Gasteiger partial charge in [-0.3, -0.25) is 4.68 Å². The molecule has 1 saturated heterocycles. The molecule has 0 amide bonds. The van der Waals surface area contributed by atoms with Gasteiger partial charge in [-0.2, -0.15) is 0 Å². The third kappa shape index (κ3) is 1.30. The second-order valence-electron chi connectivity index (χ2n) is 2.41. The van der Waals surface area contributed by atoms with E-state index in [-0.39, 0.29) is 0 Å². The quantitative estimate of drug-likeness (QED) is 0.614. The van der Waals surface area contributed by atoms with Gasteiger partial charge in [0.05, 0.1) is 19.3 Å². The van der Waals surface area contributed by atoms with Gasteiger partial charge in [-0.15, -0.1) is 0 Å². The number of epoxide rings is 1. The van der Waals surface area contributed by atoms with Crippen molar-refractivity contribution >= 4 is 0 Å². The summed E-state index contributed by atoms with van der Waals surface area (Å²) in [6.07, 6.45) is 4.40. The minimum absolute atomic E-state index is 0.447. The van der Waals surface area contributed by atoms with Crippen molar-refractivity contribution in [1.29, 1.82) is 0 Å². The molecule has 0 bridgehead atoms. The Hall–Kier alpha value is -0.960. The van der Waals surface area contributed by atoms with Crippen LogP contribution in [-0.4, -0.2) is 23.9 Å². The highest BCUT2D eigenvalue weighted by molar-refractivity contribution is 4.94. The molecule has 1 aromatic heterocycles. The Morgan fingerprint density at radius 2 is 2.20 bits per heavy atom. The van der Waals surface area contributed by atoms with Gasteiger partial charge in [0.25, 0.3) is 0 Å². The maximum absolute atomic E-state index is 5.03. The highest BCUT2D eigenvalue weighted by Gasteiger charge is 2.21. The summed E-state index contributed by atoms with van der Waals surface area (Å²) in [6.45, 7) is 1.82. The minimum Gasteiger partial charge on any atom is -0.371 e. The molecule has 0 radical (unpaired) electrons. The molecule has 10 heavy (non-hydrogen) atoms. The summed E-state index contributed by atoms with van der Waals surface area (Å²) in [5.41, 5.74) is 3.18. The van der Waals surface area contributed by atoms with E-state index in [4.69, 9.17) is 4.74 Å². The molecule has 1 unspecified atom stereocenters. The fourth-order valence-electron chi connectivity index (χ4n) is 0.833. The highest BCUT2D eigenvalue weighted by Crippen LogP contribution is 2.06. The fourth-order valence-corrected chi connectivity index (χ4v) is 0.833. The number of aromatic nitrogens is 1.